The van der Waals surface area contributed by atoms with E-state index in [1.165, 1.54) is 0 Å². The van der Waals surface area contributed by atoms with Crippen LogP contribution in [0.2, 0.25) is 0 Å². The van der Waals surface area contributed by atoms with Crippen LogP contribution < -0.4 is 5.73 Å². The molecule has 114 valence electrons. The van der Waals surface area contributed by atoms with Gasteiger partial charge in [-0.2, -0.15) is 0 Å². The molecule has 1 aliphatic carbocycles. The molecule has 3 heteroatoms. The minimum atomic E-state index is -0.0391. The molecule has 0 spiro atoms. The molecular formula is C17H29NO2. The summed E-state index contributed by atoms with van der Waals surface area (Å²) < 4.78 is 10.9. The quantitative estimate of drug-likeness (QED) is 0.595. The van der Waals surface area contributed by atoms with E-state index in [1.807, 2.05) is 26.0 Å². The molecule has 0 unspecified atom stereocenters. The predicted octanol–water partition coefficient (Wildman–Crippen LogP) is 3.74. The normalized spacial score (nSPS) is 24.4. The van der Waals surface area contributed by atoms with Crippen molar-refractivity contribution in [1.82, 2.24) is 0 Å². The fraction of sp³-hybridized carbons (Fsp3) is 0.529. The van der Waals surface area contributed by atoms with E-state index >= 15 is 0 Å². The summed E-state index contributed by atoms with van der Waals surface area (Å²) in [6.07, 6.45) is 7.40. The van der Waals surface area contributed by atoms with E-state index in [0.717, 1.165) is 29.7 Å². The van der Waals surface area contributed by atoms with Gasteiger partial charge in [-0.25, -0.2) is 0 Å². The summed E-state index contributed by atoms with van der Waals surface area (Å²) in [4.78, 5) is 0. The van der Waals surface area contributed by atoms with Gasteiger partial charge in [0.15, 0.2) is 0 Å². The molecule has 0 aromatic heterocycles. The molecular weight excluding hydrogens is 250 g/mol. The highest BCUT2D eigenvalue weighted by atomic mass is 16.5. The molecule has 0 bridgehead atoms. The summed E-state index contributed by atoms with van der Waals surface area (Å²) in [5.41, 5.74) is 8.08. The number of nitrogens with two attached hydrogens (primary N) is 1. The fourth-order valence-electron chi connectivity index (χ4n) is 2.03. The Kier molecular flexibility index (Phi) is 9.77. The molecule has 0 radical (unpaired) electrons. The van der Waals surface area contributed by atoms with Crippen molar-refractivity contribution in [1.29, 1.82) is 0 Å². The Morgan fingerprint density at radius 1 is 1.45 bits per heavy atom. The maximum atomic E-state index is 6.11. The van der Waals surface area contributed by atoms with Crippen LogP contribution in [0, 0.1) is 0 Å². The van der Waals surface area contributed by atoms with Gasteiger partial charge in [-0.15, -0.1) is 6.58 Å². The van der Waals surface area contributed by atoms with E-state index in [1.54, 1.807) is 13.2 Å². The molecule has 0 heterocycles. The van der Waals surface area contributed by atoms with E-state index in [2.05, 4.69) is 20.1 Å². The first-order valence-electron chi connectivity index (χ1n) is 7.27. The molecule has 1 rings (SSSR count). The Balaban J connectivity index is 0.00000172. The lowest BCUT2D eigenvalue weighted by Crippen LogP contribution is -2.19. The van der Waals surface area contributed by atoms with Gasteiger partial charge in [0.05, 0.1) is 19.8 Å². The SMILES string of the molecule is C=CCO[C@@H]1C[C@H](N)/C(=C/C(=C\CC)OC)C1=C.CC. The Morgan fingerprint density at radius 3 is 2.60 bits per heavy atom. The number of rotatable bonds is 6. The highest BCUT2D eigenvalue weighted by Crippen LogP contribution is 2.32. The highest BCUT2D eigenvalue weighted by molar-refractivity contribution is 5.44. The molecule has 20 heavy (non-hydrogen) atoms. The van der Waals surface area contributed by atoms with Gasteiger partial charge in [0.1, 0.15) is 5.76 Å². The lowest BCUT2D eigenvalue weighted by atomic mass is 10.1. The van der Waals surface area contributed by atoms with Gasteiger partial charge in [0, 0.05) is 6.04 Å². The Morgan fingerprint density at radius 2 is 2.10 bits per heavy atom. The second kappa shape index (κ2) is 10.5. The lowest BCUT2D eigenvalue weighted by molar-refractivity contribution is 0.104. The van der Waals surface area contributed by atoms with E-state index in [4.69, 9.17) is 15.2 Å². The van der Waals surface area contributed by atoms with Gasteiger partial charge in [0.2, 0.25) is 0 Å². The van der Waals surface area contributed by atoms with Crippen LogP contribution in [0.4, 0.5) is 0 Å². The second-order valence-corrected chi connectivity index (χ2v) is 4.30. The average molecular weight is 279 g/mol. The molecule has 0 aromatic carbocycles. The van der Waals surface area contributed by atoms with Crippen molar-refractivity contribution < 1.29 is 9.47 Å². The van der Waals surface area contributed by atoms with Crippen LogP contribution in [0.5, 0.6) is 0 Å². The van der Waals surface area contributed by atoms with E-state index < -0.39 is 0 Å². The monoisotopic (exact) mass is 279 g/mol. The van der Waals surface area contributed by atoms with Gasteiger partial charge in [-0.1, -0.05) is 33.4 Å². The van der Waals surface area contributed by atoms with Crippen molar-refractivity contribution in [3.63, 3.8) is 0 Å². The molecule has 0 saturated heterocycles. The number of hydrogen-bond acceptors (Lipinski definition) is 3. The standard InChI is InChI=1S/C15H23NO2.C2H6/c1-5-7-12(17-4)9-13-11(3)15(10-14(13)16)18-8-6-2;1-2/h6-7,9,14-15H,2-3,5,8,10,16H2,1,4H3;1-2H3/b12-7+,13-9+;/t14-,15+;/m0./s1. The topological polar surface area (TPSA) is 44.5 Å². The van der Waals surface area contributed by atoms with Gasteiger partial charge < -0.3 is 15.2 Å². The Bertz CT molecular complexity index is 369. The van der Waals surface area contributed by atoms with Crippen LogP contribution in [0.3, 0.4) is 0 Å². The van der Waals surface area contributed by atoms with E-state index in [0.29, 0.717) is 6.61 Å². The molecule has 0 aliphatic heterocycles. The summed E-state index contributed by atoms with van der Waals surface area (Å²) in [7, 11) is 1.66. The first kappa shape index (κ1) is 18.7. The first-order chi connectivity index (χ1) is 9.63. The summed E-state index contributed by atoms with van der Waals surface area (Å²) in [5, 5.41) is 0. The molecule has 1 aliphatic rings. The van der Waals surface area contributed by atoms with E-state index in [9.17, 15) is 0 Å². The zero-order valence-corrected chi connectivity index (χ0v) is 13.3. The smallest absolute Gasteiger partial charge is 0.115 e. The van der Waals surface area contributed by atoms with Crippen molar-refractivity contribution >= 4 is 0 Å². The third-order valence-corrected chi connectivity index (χ3v) is 2.98. The maximum absolute atomic E-state index is 6.11. The third-order valence-electron chi connectivity index (χ3n) is 2.98. The van der Waals surface area contributed by atoms with Crippen molar-refractivity contribution in [3.05, 3.63) is 48.3 Å². The molecule has 0 aromatic rings. The largest absolute Gasteiger partial charge is 0.497 e. The zero-order valence-electron chi connectivity index (χ0n) is 13.3. The number of methoxy groups -OCH3 is 1. The molecule has 3 nitrogen and oxygen atoms in total. The van der Waals surface area contributed by atoms with Crippen LogP contribution in [0.15, 0.2) is 48.3 Å². The van der Waals surface area contributed by atoms with Crippen molar-refractivity contribution in [2.45, 2.75) is 45.8 Å². The summed E-state index contributed by atoms with van der Waals surface area (Å²) >= 11 is 0. The number of ether oxygens (including phenoxy) is 2. The van der Waals surface area contributed by atoms with E-state index in [-0.39, 0.29) is 12.1 Å². The molecule has 0 amide bonds. The Labute approximate surface area is 123 Å². The van der Waals surface area contributed by atoms with Crippen LogP contribution in [0.25, 0.3) is 0 Å². The summed E-state index contributed by atoms with van der Waals surface area (Å²) in [6.45, 7) is 14.3. The summed E-state index contributed by atoms with van der Waals surface area (Å²) in [5.74, 6) is 0.827. The van der Waals surface area contributed by atoms with Gasteiger partial charge in [-0.05, 0) is 36.1 Å². The minimum absolute atomic E-state index is 0.0102. The fourth-order valence-corrected chi connectivity index (χ4v) is 2.03. The average Bonchev–Trinajstić information content (AvgIpc) is 2.74. The predicted molar refractivity (Wildman–Crippen MR) is 86.5 cm³/mol. The molecule has 1 fully saturated rings. The van der Waals surface area contributed by atoms with Crippen molar-refractivity contribution in [2.24, 2.45) is 5.73 Å². The van der Waals surface area contributed by atoms with Crippen molar-refractivity contribution in [3.8, 4) is 0 Å². The van der Waals surface area contributed by atoms with Crippen LogP contribution in [0.1, 0.15) is 33.6 Å². The number of hydrogen-bond donors (Lipinski definition) is 1. The second-order valence-electron chi connectivity index (χ2n) is 4.30. The van der Waals surface area contributed by atoms with Gasteiger partial charge in [-0.3, -0.25) is 0 Å². The number of allylic oxidation sites excluding steroid dienone is 2. The lowest BCUT2D eigenvalue weighted by Gasteiger charge is -2.11. The highest BCUT2D eigenvalue weighted by Gasteiger charge is 2.31. The van der Waals surface area contributed by atoms with Crippen LogP contribution >= 0.6 is 0 Å². The molecule has 1 saturated carbocycles. The maximum Gasteiger partial charge on any atom is 0.115 e. The van der Waals surface area contributed by atoms with Gasteiger partial charge in [0.25, 0.3) is 0 Å². The van der Waals surface area contributed by atoms with Crippen molar-refractivity contribution in [2.75, 3.05) is 13.7 Å². The van der Waals surface area contributed by atoms with Crippen LogP contribution in [-0.4, -0.2) is 25.9 Å². The first-order valence-corrected chi connectivity index (χ1v) is 7.27. The zero-order chi connectivity index (χ0) is 15.5. The van der Waals surface area contributed by atoms with Crippen LogP contribution in [-0.2, 0) is 9.47 Å². The molecule has 2 N–H and O–H groups in total. The molecule has 2 atom stereocenters. The van der Waals surface area contributed by atoms with Gasteiger partial charge >= 0.3 is 0 Å². The third kappa shape index (κ3) is 5.35. The summed E-state index contributed by atoms with van der Waals surface area (Å²) in [6, 6.07) is -0.0391. The minimum Gasteiger partial charge on any atom is -0.497 e. The Hall–Kier alpha value is -1.32.